The van der Waals surface area contributed by atoms with Gasteiger partial charge in [0, 0.05) is 0 Å². The summed E-state index contributed by atoms with van der Waals surface area (Å²) in [6, 6.07) is 4.80. The lowest BCUT2D eigenvalue weighted by molar-refractivity contribution is -0.141. The molecule has 0 amide bonds. The van der Waals surface area contributed by atoms with E-state index in [2.05, 4.69) is 0 Å². The first kappa shape index (κ1) is 22.9. The Morgan fingerprint density at radius 2 is 1.62 bits per heavy atom. The maximum absolute atomic E-state index is 13.7. The van der Waals surface area contributed by atoms with Crippen LogP contribution in [0.4, 0.5) is 13.2 Å². The molecule has 0 saturated heterocycles. The number of benzene rings is 1. The quantitative estimate of drug-likeness (QED) is 0.580. The summed E-state index contributed by atoms with van der Waals surface area (Å²) >= 11 is 0.937. The molecule has 158 valence electrons. The third-order valence-electron chi connectivity index (χ3n) is 3.97. The summed E-state index contributed by atoms with van der Waals surface area (Å²) in [5.74, 6) is -2.99. The van der Waals surface area contributed by atoms with Gasteiger partial charge in [0.05, 0.1) is 42.4 Å². The fourth-order valence-corrected chi connectivity index (χ4v) is 3.87. The molecule has 29 heavy (non-hydrogen) atoms. The van der Waals surface area contributed by atoms with Crippen LogP contribution in [0.3, 0.4) is 0 Å². The van der Waals surface area contributed by atoms with E-state index in [1.165, 1.54) is 23.6 Å². The molecule has 0 fully saturated rings. The first-order valence-corrected chi connectivity index (χ1v) is 9.88. The van der Waals surface area contributed by atoms with Crippen LogP contribution < -0.4 is 0 Å². The SMILES string of the molecule is CCOC(=O)C1=CSC(OCC)=C(C(=O)OCC)C1c1ccccc1C(F)(F)F. The molecule has 1 heterocycles. The molecule has 0 bridgehead atoms. The second-order valence-corrected chi connectivity index (χ2v) is 6.63. The van der Waals surface area contributed by atoms with E-state index in [0.717, 1.165) is 17.8 Å². The van der Waals surface area contributed by atoms with Crippen molar-refractivity contribution in [3.05, 3.63) is 57.0 Å². The van der Waals surface area contributed by atoms with E-state index < -0.39 is 29.6 Å². The molecule has 0 N–H and O–H groups in total. The Labute approximate surface area is 170 Å². The van der Waals surface area contributed by atoms with Gasteiger partial charge in [-0.15, -0.1) is 0 Å². The Bertz CT molecular complexity index is 830. The number of esters is 2. The summed E-state index contributed by atoms with van der Waals surface area (Å²) in [6.07, 6.45) is -4.69. The third kappa shape index (κ3) is 5.14. The molecule has 9 heteroatoms. The molecule has 1 aromatic rings. The number of rotatable bonds is 7. The lowest BCUT2D eigenvalue weighted by atomic mass is 9.82. The summed E-state index contributed by atoms with van der Waals surface area (Å²) in [6.45, 7) is 5.07. The fourth-order valence-electron chi connectivity index (χ4n) is 2.89. The molecular formula is C20H21F3O5S. The minimum absolute atomic E-state index is 0.0124. The summed E-state index contributed by atoms with van der Waals surface area (Å²) in [5.41, 5.74) is -1.44. The summed E-state index contributed by atoms with van der Waals surface area (Å²) < 4.78 is 56.7. The minimum Gasteiger partial charge on any atom is -0.487 e. The van der Waals surface area contributed by atoms with E-state index in [1.807, 2.05) is 0 Å². The highest BCUT2D eigenvalue weighted by atomic mass is 32.2. The molecule has 1 aromatic carbocycles. The zero-order chi connectivity index (χ0) is 21.6. The molecule has 0 aromatic heterocycles. The molecule has 1 aliphatic rings. The van der Waals surface area contributed by atoms with E-state index in [0.29, 0.717) is 0 Å². The molecule has 0 aliphatic carbocycles. The van der Waals surface area contributed by atoms with Crippen LogP contribution in [0.25, 0.3) is 0 Å². The summed E-state index contributed by atoms with van der Waals surface area (Å²) in [7, 11) is 0. The standard InChI is InChI=1S/C20H21F3O5S/c1-4-26-17(24)13-11-29-19(28-6-3)16(18(25)27-5-2)15(13)12-9-7-8-10-14(12)20(21,22)23/h7-11,15H,4-6H2,1-3H3. The molecule has 0 saturated carbocycles. The number of ether oxygens (including phenoxy) is 3. The number of halogens is 3. The zero-order valence-electron chi connectivity index (χ0n) is 16.2. The van der Waals surface area contributed by atoms with Crippen LogP contribution >= 0.6 is 11.8 Å². The van der Waals surface area contributed by atoms with Crippen LogP contribution in [0.2, 0.25) is 0 Å². The van der Waals surface area contributed by atoms with Crippen molar-refractivity contribution in [2.24, 2.45) is 0 Å². The van der Waals surface area contributed by atoms with Gasteiger partial charge in [-0.3, -0.25) is 0 Å². The van der Waals surface area contributed by atoms with Crippen molar-refractivity contribution in [1.82, 2.24) is 0 Å². The predicted octanol–water partition coefficient (Wildman–Crippen LogP) is 4.79. The molecular weight excluding hydrogens is 409 g/mol. The number of hydrogen-bond donors (Lipinski definition) is 0. The molecule has 1 atom stereocenters. The minimum atomic E-state index is -4.69. The van der Waals surface area contributed by atoms with E-state index in [9.17, 15) is 22.8 Å². The van der Waals surface area contributed by atoms with E-state index >= 15 is 0 Å². The van der Waals surface area contributed by atoms with Gasteiger partial charge < -0.3 is 14.2 Å². The maximum Gasteiger partial charge on any atom is 0.416 e. The number of carbonyl (C=O) groups excluding carboxylic acids is 2. The van der Waals surface area contributed by atoms with Gasteiger partial charge in [0.1, 0.15) is 0 Å². The molecule has 5 nitrogen and oxygen atoms in total. The van der Waals surface area contributed by atoms with Crippen molar-refractivity contribution < 1.29 is 37.0 Å². The fraction of sp³-hybridized carbons (Fsp3) is 0.400. The second kappa shape index (κ2) is 9.87. The Hall–Kier alpha value is -2.42. The zero-order valence-corrected chi connectivity index (χ0v) is 17.0. The average Bonchev–Trinajstić information content (AvgIpc) is 2.67. The Morgan fingerprint density at radius 1 is 1.00 bits per heavy atom. The largest absolute Gasteiger partial charge is 0.487 e. The number of alkyl halides is 3. The van der Waals surface area contributed by atoms with E-state index in [1.54, 1.807) is 20.8 Å². The van der Waals surface area contributed by atoms with E-state index in [4.69, 9.17) is 14.2 Å². The van der Waals surface area contributed by atoms with Gasteiger partial charge in [0.25, 0.3) is 0 Å². The molecule has 1 unspecified atom stereocenters. The van der Waals surface area contributed by atoms with Crippen LogP contribution in [-0.2, 0) is 30.0 Å². The molecule has 2 rings (SSSR count). The molecule has 0 spiro atoms. The van der Waals surface area contributed by atoms with E-state index in [-0.39, 0.29) is 41.6 Å². The highest BCUT2D eigenvalue weighted by molar-refractivity contribution is 8.05. The van der Waals surface area contributed by atoms with Crippen molar-refractivity contribution in [3.8, 4) is 0 Å². The van der Waals surface area contributed by atoms with Gasteiger partial charge in [-0.05, 0) is 37.8 Å². The Kier molecular flexibility index (Phi) is 7.78. The lowest BCUT2D eigenvalue weighted by Gasteiger charge is -2.29. The maximum atomic E-state index is 13.7. The highest BCUT2D eigenvalue weighted by Gasteiger charge is 2.43. The van der Waals surface area contributed by atoms with Crippen molar-refractivity contribution >= 4 is 23.7 Å². The van der Waals surface area contributed by atoms with Crippen molar-refractivity contribution in [1.29, 1.82) is 0 Å². The van der Waals surface area contributed by atoms with Gasteiger partial charge in [-0.1, -0.05) is 30.0 Å². The summed E-state index contributed by atoms with van der Waals surface area (Å²) in [4.78, 5) is 25.3. The van der Waals surface area contributed by atoms with Gasteiger partial charge in [0.15, 0.2) is 5.09 Å². The van der Waals surface area contributed by atoms with Gasteiger partial charge in [-0.2, -0.15) is 13.2 Å². The average molecular weight is 430 g/mol. The van der Waals surface area contributed by atoms with Crippen LogP contribution in [0.5, 0.6) is 0 Å². The van der Waals surface area contributed by atoms with Crippen LogP contribution in [0.1, 0.15) is 37.8 Å². The van der Waals surface area contributed by atoms with Crippen LogP contribution in [-0.4, -0.2) is 31.8 Å². The van der Waals surface area contributed by atoms with Gasteiger partial charge in [0.2, 0.25) is 0 Å². The predicted molar refractivity (Wildman–Crippen MR) is 102 cm³/mol. The van der Waals surface area contributed by atoms with Gasteiger partial charge in [-0.25, -0.2) is 9.59 Å². The Balaban J connectivity index is 2.75. The van der Waals surface area contributed by atoms with Crippen LogP contribution in [0, 0.1) is 0 Å². The topological polar surface area (TPSA) is 61.8 Å². The lowest BCUT2D eigenvalue weighted by Crippen LogP contribution is -2.27. The third-order valence-corrected chi connectivity index (χ3v) is 4.90. The number of thioether (sulfide) groups is 1. The van der Waals surface area contributed by atoms with Crippen molar-refractivity contribution in [2.75, 3.05) is 19.8 Å². The van der Waals surface area contributed by atoms with Crippen molar-refractivity contribution in [3.63, 3.8) is 0 Å². The highest BCUT2D eigenvalue weighted by Crippen LogP contribution is 2.47. The first-order valence-electron chi connectivity index (χ1n) is 9.00. The Morgan fingerprint density at radius 3 is 2.21 bits per heavy atom. The molecule has 1 aliphatic heterocycles. The second-order valence-electron chi connectivity index (χ2n) is 5.78. The normalized spacial score (nSPS) is 16.9. The summed E-state index contributed by atoms with van der Waals surface area (Å²) in [5, 5.41) is 1.46. The first-order chi connectivity index (χ1) is 13.8. The molecule has 0 radical (unpaired) electrons. The van der Waals surface area contributed by atoms with Crippen molar-refractivity contribution in [2.45, 2.75) is 32.9 Å². The van der Waals surface area contributed by atoms with Crippen LogP contribution in [0.15, 0.2) is 45.9 Å². The number of carbonyl (C=O) groups is 2. The smallest absolute Gasteiger partial charge is 0.416 e. The monoisotopic (exact) mass is 430 g/mol. The van der Waals surface area contributed by atoms with Gasteiger partial charge >= 0.3 is 18.1 Å². The number of hydrogen-bond acceptors (Lipinski definition) is 6.